The lowest BCUT2D eigenvalue weighted by Gasteiger charge is -2.13. The molecule has 0 bridgehead atoms. The van der Waals surface area contributed by atoms with Crippen LogP contribution in [0.3, 0.4) is 0 Å². The second-order valence-corrected chi connectivity index (χ2v) is 8.48. The molecule has 2 N–H and O–H groups in total. The minimum atomic E-state index is -3.68. The molecule has 0 aliphatic carbocycles. The van der Waals surface area contributed by atoms with Crippen LogP contribution in [0.5, 0.6) is 5.75 Å². The summed E-state index contributed by atoms with van der Waals surface area (Å²) in [5.74, 6) is -0.544. The van der Waals surface area contributed by atoms with Crippen LogP contribution >= 0.6 is 15.9 Å². The first kappa shape index (κ1) is 22.3. The van der Waals surface area contributed by atoms with Crippen molar-refractivity contribution in [2.45, 2.75) is 17.9 Å². The Balaban J connectivity index is 1.93. The molecule has 0 aliphatic heterocycles. The largest absolute Gasteiger partial charge is 0.483 e. The molecule has 0 heterocycles. The van der Waals surface area contributed by atoms with E-state index in [-0.39, 0.29) is 24.2 Å². The molecule has 1 amide bonds. The van der Waals surface area contributed by atoms with E-state index in [9.17, 15) is 17.6 Å². The highest BCUT2D eigenvalue weighted by molar-refractivity contribution is 9.10. The first-order chi connectivity index (χ1) is 13.2. The summed E-state index contributed by atoms with van der Waals surface area (Å²) in [6, 6.07) is 9.19. The predicted octanol–water partition coefficient (Wildman–Crippen LogP) is 2.92. The highest BCUT2D eigenvalue weighted by Crippen LogP contribution is 2.25. The summed E-state index contributed by atoms with van der Waals surface area (Å²) in [6.07, 6.45) is 0. The van der Waals surface area contributed by atoms with Gasteiger partial charge in [0.1, 0.15) is 11.6 Å². The summed E-state index contributed by atoms with van der Waals surface area (Å²) < 4.78 is 50.7. The van der Waals surface area contributed by atoms with Crippen molar-refractivity contribution < 1.29 is 27.1 Å². The van der Waals surface area contributed by atoms with Gasteiger partial charge in [-0.05, 0) is 65.3 Å². The average molecular weight is 475 g/mol. The monoisotopic (exact) mass is 474 g/mol. The van der Waals surface area contributed by atoms with E-state index in [1.807, 2.05) is 0 Å². The molecule has 0 aliphatic rings. The van der Waals surface area contributed by atoms with Crippen LogP contribution in [0.1, 0.15) is 6.92 Å². The van der Waals surface area contributed by atoms with Gasteiger partial charge in [0.05, 0.1) is 16.0 Å². The Morgan fingerprint density at radius 2 is 1.89 bits per heavy atom. The van der Waals surface area contributed by atoms with Crippen LogP contribution in [0.4, 0.5) is 10.1 Å². The summed E-state index contributed by atoms with van der Waals surface area (Å²) in [6.45, 7) is 1.65. The fraction of sp³-hybridized carbons (Fsp3) is 0.278. The summed E-state index contributed by atoms with van der Waals surface area (Å²) in [4.78, 5) is 12.1. The number of methoxy groups -OCH3 is 1. The van der Waals surface area contributed by atoms with Crippen LogP contribution < -0.4 is 14.8 Å². The van der Waals surface area contributed by atoms with Gasteiger partial charge in [0, 0.05) is 18.8 Å². The average Bonchev–Trinajstić information content (AvgIpc) is 2.61. The molecule has 0 radical (unpaired) electrons. The molecule has 0 saturated carbocycles. The van der Waals surface area contributed by atoms with Crippen LogP contribution in [0.2, 0.25) is 0 Å². The molecule has 0 spiro atoms. The van der Waals surface area contributed by atoms with E-state index in [1.54, 1.807) is 6.92 Å². The summed E-state index contributed by atoms with van der Waals surface area (Å²) >= 11 is 3.15. The van der Waals surface area contributed by atoms with Gasteiger partial charge in [-0.15, -0.1) is 0 Å². The zero-order chi connectivity index (χ0) is 20.7. The number of amides is 1. The zero-order valence-corrected chi connectivity index (χ0v) is 17.6. The third kappa shape index (κ3) is 6.55. The number of nitrogens with one attached hydrogen (secondary N) is 2. The maximum atomic E-state index is 13.0. The normalized spacial score (nSPS) is 12.4. The second kappa shape index (κ2) is 9.97. The summed E-state index contributed by atoms with van der Waals surface area (Å²) in [5.41, 5.74) is 0.413. The van der Waals surface area contributed by atoms with Crippen LogP contribution in [0, 0.1) is 5.82 Å². The number of rotatable bonds is 9. The zero-order valence-electron chi connectivity index (χ0n) is 15.2. The maximum Gasteiger partial charge on any atom is 0.262 e. The lowest BCUT2D eigenvalue weighted by molar-refractivity contribution is -0.118. The number of halogens is 2. The van der Waals surface area contributed by atoms with Gasteiger partial charge in [-0.3, -0.25) is 4.79 Å². The molecule has 0 unspecified atom stereocenters. The topological polar surface area (TPSA) is 93.7 Å². The van der Waals surface area contributed by atoms with Crippen molar-refractivity contribution in [3.63, 3.8) is 0 Å². The first-order valence-corrected chi connectivity index (χ1v) is 10.5. The van der Waals surface area contributed by atoms with E-state index in [1.165, 1.54) is 49.6 Å². The van der Waals surface area contributed by atoms with E-state index in [0.29, 0.717) is 15.9 Å². The molecule has 0 fully saturated rings. The third-order valence-corrected chi connectivity index (χ3v) is 5.70. The van der Waals surface area contributed by atoms with Gasteiger partial charge >= 0.3 is 0 Å². The van der Waals surface area contributed by atoms with Crippen molar-refractivity contribution in [3.8, 4) is 5.75 Å². The van der Waals surface area contributed by atoms with E-state index in [4.69, 9.17) is 9.47 Å². The number of hydrogen-bond donors (Lipinski definition) is 2. The quantitative estimate of drug-likeness (QED) is 0.582. The van der Waals surface area contributed by atoms with E-state index in [0.717, 1.165) is 0 Å². The Labute approximate surface area is 171 Å². The molecule has 2 aromatic carbocycles. The Morgan fingerprint density at radius 1 is 1.21 bits per heavy atom. The van der Waals surface area contributed by atoms with E-state index >= 15 is 0 Å². The highest BCUT2D eigenvalue weighted by Gasteiger charge is 2.17. The van der Waals surface area contributed by atoms with E-state index < -0.39 is 21.7 Å². The molecule has 2 rings (SSSR count). The SMILES string of the molecule is COC[C@@H](C)NS(=O)(=O)c1ccc(NC(=O)COc2ccc(F)cc2Br)cc1. The minimum Gasteiger partial charge on any atom is -0.483 e. The fourth-order valence-electron chi connectivity index (χ4n) is 2.27. The summed E-state index contributed by atoms with van der Waals surface area (Å²) in [5, 5.41) is 2.59. The van der Waals surface area contributed by atoms with Crippen molar-refractivity contribution in [3.05, 3.63) is 52.8 Å². The van der Waals surface area contributed by atoms with Crippen LogP contribution in [-0.2, 0) is 19.6 Å². The molecule has 152 valence electrons. The molecule has 7 nitrogen and oxygen atoms in total. The number of anilines is 1. The molecular weight excluding hydrogens is 455 g/mol. The van der Waals surface area contributed by atoms with Gasteiger partial charge in [-0.25, -0.2) is 17.5 Å². The minimum absolute atomic E-state index is 0.0694. The maximum absolute atomic E-state index is 13.0. The van der Waals surface area contributed by atoms with Crippen LogP contribution in [-0.4, -0.2) is 40.7 Å². The van der Waals surface area contributed by atoms with Crippen LogP contribution in [0.15, 0.2) is 51.8 Å². The number of sulfonamides is 1. The smallest absolute Gasteiger partial charge is 0.262 e. The van der Waals surface area contributed by atoms with E-state index in [2.05, 4.69) is 26.0 Å². The van der Waals surface area contributed by atoms with Crippen molar-refractivity contribution >= 4 is 37.5 Å². The standard InChI is InChI=1S/C18H20BrFN2O5S/c1-12(10-26-2)22-28(24,25)15-6-4-14(5-7-15)21-18(23)11-27-17-8-3-13(20)9-16(17)19/h3-9,12,22H,10-11H2,1-2H3,(H,21,23)/t12-/m1/s1. The lowest BCUT2D eigenvalue weighted by Crippen LogP contribution is -2.35. The van der Waals surface area contributed by atoms with Gasteiger partial charge in [-0.1, -0.05) is 0 Å². The van der Waals surface area contributed by atoms with Gasteiger partial charge in [0.2, 0.25) is 10.0 Å². The molecule has 0 saturated heterocycles. The number of benzene rings is 2. The Hall–Kier alpha value is -2.01. The van der Waals surface area contributed by atoms with Gasteiger partial charge in [0.25, 0.3) is 5.91 Å². The molecule has 28 heavy (non-hydrogen) atoms. The number of carbonyl (C=O) groups excluding carboxylic acids is 1. The van der Waals surface area contributed by atoms with Crippen molar-refractivity contribution in [2.75, 3.05) is 25.6 Å². The number of carbonyl (C=O) groups is 1. The van der Waals surface area contributed by atoms with Gasteiger partial charge in [-0.2, -0.15) is 0 Å². The van der Waals surface area contributed by atoms with Crippen molar-refractivity contribution in [1.29, 1.82) is 0 Å². The fourth-order valence-corrected chi connectivity index (χ4v) is 3.96. The Bertz CT molecular complexity index is 922. The first-order valence-electron chi connectivity index (χ1n) is 8.20. The third-order valence-electron chi connectivity index (χ3n) is 3.47. The Morgan fingerprint density at radius 3 is 2.50 bits per heavy atom. The predicted molar refractivity (Wildman–Crippen MR) is 106 cm³/mol. The van der Waals surface area contributed by atoms with Crippen LogP contribution in [0.25, 0.3) is 0 Å². The molecule has 1 atom stereocenters. The lowest BCUT2D eigenvalue weighted by atomic mass is 10.3. The second-order valence-electron chi connectivity index (χ2n) is 5.91. The number of hydrogen-bond acceptors (Lipinski definition) is 5. The molecule has 10 heteroatoms. The molecular formula is C18H20BrFN2O5S. The Kier molecular flexibility index (Phi) is 7.93. The molecule has 2 aromatic rings. The van der Waals surface area contributed by atoms with Crippen molar-refractivity contribution in [2.24, 2.45) is 0 Å². The van der Waals surface area contributed by atoms with Gasteiger partial charge < -0.3 is 14.8 Å². The van der Waals surface area contributed by atoms with Gasteiger partial charge in [0.15, 0.2) is 6.61 Å². The highest BCUT2D eigenvalue weighted by atomic mass is 79.9. The molecule has 0 aromatic heterocycles. The summed E-state index contributed by atoms with van der Waals surface area (Å²) in [7, 11) is -2.20. The van der Waals surface area contributed by atoms with Crippen molar-refractivity contribution in [1.82, 2.24) is 4.72 Å². The number of ether oxygens (including phenoxy) is 2.